The second-order valence-corrected chi connectivity index (χ2v) is 21.6. The zero-order valence-electron chi connectivity index (χ0n) is 37.3. The van der Waals surface area contributed by atoms with Gasteiger partial charge in [0, 0.05) is 89.7 Å². The number of sulfonamides is 1. The first-order valence-corrected chi connectivity index (χ1v) is 27.1. The van der Waals surface area contributed by atoms with E-state index in [4.69, 9.17) is 14.2 Å². The summed E-state index contributed by atoms with van der Waals surface area (Å²) in [4.78, 5) is 25.7. The number of fused-ring (bicyclic) bond motifs is 4. The molecule has 18 heteroatoms. The van der Waals surface area contributed by atoms with E-state index in [9.17, 15) is 31.0 Å². The summed E-state index contributed by atoms with van der Waals surface area (Å²) in [6, 6.07) is 7.95. The van der Waals surface area contributed by atoms with Crippen molar-refractivity contribution in [2.75, 3.05) is 69.4 Å². The maximum Gasteiger partial charge on any atom is 0.295 e. The Bertz CT molecular complexity index is 2690. The molecule has 5 aliphatic heterocycles. The van der Waals surface area contributed by atoms with Gasteiger partial charge in [0.15, 0.2) is 0 Å². The summed E-state index contributed by atoms with van der Waals surface area (Å²) in [6.07, 6.45) is 9.21. The summed E-state index contributed by atoms with van der Waals surface area (Å²) < 4.78 is 88.5. The Hall–Kier alpha value is -3.91. The molecule has 2 amide bonds. The lowest BCUT2D eigenvalue weighted by atomic mass is 9.82. The lowest BCUT2D eigenvalue weighted by Gasteiger charge is -2.39. The van der Waals surface area contributed by atoms with Gasteiger partial charge in [-0.15, -0.1) is 0 Å². The van der Waals surface area contributed by atoms with E-state index in [2.05, 4.69) is 52.9 Å². The van der Waals surface area contributed by atoms with Crippen LogP contribution in [0.1, 0.15) is 98.6 Å². The molecule has 65 heavy (non-hydrogen) atoms. The third-order valence-electron chi connectivity index (χ3n) is 12.9. The molecule has 3 aromatic rings. The summed E-state index contributed by atoms with van der Waals surface area (Å²) in [5.74, 6) is 1.20. The van der Waals surface area contributed by atoms with Gasteiger partial charge in [0.25, 0.3) is 10.1 Å². The van der Waals surface area contributed by atoms with Crippen LogP contribution in [0, 0.1) is 0 Å². The van der Waals surface area contributed by atoms with Crippen LogP contribution in [0.2, 0.25) is 0 Å². The molecule has 2 atom stereocenters. The highest BCUT2D eigenvalue weighted by atomic mass is 79.9. The van der Waals surface area contributed by atoms with Crippen LogP contribution < -0.4 is 40.1 Å². The minimum atomic E-state index is -4.93. The molecular formula is C47H61BrN5O10S2+. The number of carbonyl (C=O) groups is 2. The van der Waals surface area contributed by atoms with Gasteiger partial charge in [0.2, 0.25) is 27.2 Å². The van der Waals surface area contributed by atoms with E-state index in [1.807, 2.05) is 13.8 Å². The monoisotopic (exact) mass is 998 g/mol. The number of amides is 2. The van der Waals surface area contributed by atoms with Crippen molar-refractivity contribution >= 4 is 59.1 Å². The van der Waals surface area contributed by atoms with Crippen LogP contribution in [0.3, 0.4) is 0 Å². The van der Waals surface area contributed by atoms with E-state index in [1.54, 1.807) is 0 Å². The SMILES string of the molecule is CC(COCCOCC(C)NC(=O)CCCCCNS(=O)(=O)c1ccc(C2=c3cc4c5c(c3Oc3c2cc2c6c3CCCN6CCC2)CCC[N+]=5CCC4)c(S(=O)(=O)O)c1)NC(=O)CBr. The number of unbranched alkanes of at least 4 members (excludes halogenated alkanes) is 2. The number of nitrogens with zero attached hydrogens (tertiary/aromatic N) is 2. The van der Waals surface area contributed by atoms with Gasteiger partial charge >= 0.3 is 0 Å². The summed E-state index contributed by atoms with van der Waals surface area (Å²) in [5, 5.41) is 7.91. The Balaban J connectivity index is 0.952. The van der Waals surface area contributed by atoms with Crippen LogP contribution >= 0.6 is 15.9 Å². The minimum Gasteiger partial charge on any atom is -0.455 e. The summed E-state index contributed by atoms with van der Waals surface area (Å²) in [5.41, 5.74) is 7.48. The highest BCUT2D eigenvalue weighted by molar-refractivity contribution is 9.09. The number of halogens is 1. The number of rotatable bonds is 20. The van der Waals surface area contributed by atoms with Crippen LogP contribution in [0.5, 0.6) is 11.5 Å². The third-order valence-corrected chi connectivity index (χ3v) is 15.8. The number of ether oxygens (including phenoxy) is 3. The topological polar surface area (TPSA) is 193 Å². The largest absolute Gasteiger partial charge is 0.455 e. The molecule has 15 nitrogen and oxygen atoms in total. The van der Waals surface area contributed by atoms with Crippen molar-refractivity contribution in [1.29, 1.82) is 0 Å². The van der Waals surface area contributed by atoms with Crippen LogP contribution in [-0.2, 0) is 64.9 Å². The lowest BCUT2D eigenvalue weighted by Crippen LogP contribution is -2.45. The molecule has 5 heterocycles. The van der Waals surface area contributed by atoms with Crippen molar-refractivity contribution in [1.82, 2.24) is 19.9 Å². The molecule has 5 aliphatic rings. The van der Waals surface area contributed by atoms with Crippen LogP contribution in [0.4, 0.5) is 5.69 Å². The average Bonchev–Trinajstić information content (AvgIpc) is 3.28. The molecule has 0 bridgehead atoms. The Kier molecular flexibility index (Phi) is 15.0. The van der Waals surface area contributed by atoms with Gasteiger partial charge in [-0.25, -0.2) is 17.7 Å². The van der Waals surface area contributed by atoms with Crippen molar-refractivity contribution in [3.63, 3.8) is 0 Å². The van der Waals surface area contributed by atoms with Gasteiger partial charge < -0.3 is 29.7 Å². The molecule has 0 spiro atoms. The van der Waals surface area contributed by atoms with Crippen molar-refractivity contribution in [3.8, 4) is 11.5 Å². The molecular weight excluding hydrogens is 939 g/mol. The first-order valence-electron chi connectivity index (χ1n) is 23.1. The number of aryl methyl sites for hydroxylation is 2. The van der Waals surface area contributed by atoms with E-state index in [1.165, 1.54) is 34.3 Å². The fourth-order valence-electron chi connectivity index (χ4n) is 10.2. The van der Waals surface area contributed by atoms with Crippen LogP contribution in [0.25, 0.3) is 5.57 Å². The van der Waals surface area contributed by atoms with E-state index in [0.29, 0.717) is 51.3 Å². The summed E-state index contributed by atoms with van der Waals surface area (Å²) in [6.45, 7) is 9.05. The number of alkyl halides is 1. The van der Waals surface area contributed by atoms with Gasteiger partial charge in [-0.05, 0) is 95.0 Å². The number of nitrogens with one attached hydrogen (secondary N) is 3. The number of hydrogen-bond donors (Lipinski definition) is 4. The second-order valence-electron chi connectivity index (χ2n) is 17.9. The third kappa shape index (κ3) is 10.6. The smallest absolute Gasteiger partial charge is 0.295 e. The van der Waals surface area contributed by atoms with Gasteiger partial charge in [-0.1, -0.05) is 28.4 Å². The molecule has 0 aromatic heterocycles. The predicted molar refractivity (Wildman–Crippen MR) is 251 cm³/mol. The quantitative estimate of drug-likeness (QED) is 0.0438. The molecule has 0 radical (unpaired) electrons. The predicted octanol–water partition coefficient (Wildman–Crippen LogP) is 3.64. The minimum absolute atomic E-state index is 0.0756. The molecule has 0 saturated heterocycles. The maximum absolute atomic E-state index is 13.7. The van der Waals surface area contributed by atoms with Crippen molar-refractivity contribution in [3.05, 3.63) is 74.3 Å². The average molecular weight is 1000 g/mol. The van der Waals surface area contributed by atoms with Crippen LogP contribution in [0.15, 0.2) is 40.1 Å². The fraction of sp³-hybridized carbons (Fsp3) is 0.553. The standard InChI is InChI=1S/C47H60BrN5O10S2/c1-30(28-61-22-23-62-29-31(2)51-42(55)27-48)50-41(54)14-4-3-5-17-49-64(56,57)34-15-16-35(40(26-34)65(58,59)60)43-38-24-32-10-6-18-52-20-8-12-36(44(32)52)46(38)63-47-37-13-9-21-53-19-7-11-33(45(37)53)25-39(43)47/h15-16,24-26,30-31,49H,3-14,17-23,27-29H2,1-2H3,(H2-,50,51,54,55,58,59,60)/p+1. The van der Waals surface area contributed by atoms with E-state index < -0.39 is 25.0 Å². The van der Waals surface area contributed by atoms with Gasteiger partial charge in [0.1, 0.15) is 29.5 Å². The fourth-order valence-corrected chi connectivity index (χ4v) is 12.2. The van der Waals surface area contributed by atoms with Crippen molar-refractivity contribution in [2.45, 2.75) is 113 Å². The van der Waals surface area contributed by atoms with Gasteiger partial charge in [-0.2, -0.15) is 8.42 Å². The number of benzene rings is 3. The van der Waals surface area contributed by atoms with Gasteiger partial charge in [-0.3, -0.25) is 14.1 Å². The molecule has 4 N–H and O–H groups in total. The molecule has 0 fully saturated rings. The van der Waals surface area contributed by atoms with E-state index in [0.717, 1.165) is 117 Å². The number of carbonyl (C=O) groups excluding carboxylic acids is 2. The summed E-state index contributed by atoms with van der Waals surface area (Å²) >= 11 is 3.11. The molecule has 0 saturated carbocycles. The Morgan fingerprint density at radius 2 is 1.49 bits per heavy atom. The first kappa shape index (κ1) is 47.6. The normalized spacial score (nSPS) is 17.3. The second kappa shape index (κ2) is 20.5. The highest BCUT2D eigenvalue weighted by Crippen LogP contribution is 2.49. The zero-order chi connectivity index (χ0) is 45.9. The first-order chi connectivity index (χ1) is 31.2. The molecule has 0 aliphatic carbocycles. The van der Waals surface area contributed by atoms with Crippen LogP contribution in [-0.4, -0.2) is 110 Å². The Labute approximate surface area is 390 Å². The molecule has 2 unspecified atom stereocenters. The molecule has 352 valence electrons. The Morgan fingerprint density at radius 3 is 2.22 bits per heavy atom. The number of hydrogen-bond acceptors (Lipinski definition) is 10. The summed E-state index contributed by atoms with van der Waals surface area (Å²) in [7, 11) is -9.12. The lowest BCUT2D eigenvalue weighted by molar-refractivity contribution is -0.122. The maximum atomic E-state index is 13.7. The highest BCUT2D eigenvalue weighted by Gasteiger charge is 2.37. The van der Waals surface area contributed by atoms with Crippen molar-refractivity contribution < 1.29 is 45.2 Å². The Morgan fingerprint density at radius 1 is 0.815 bits per heavy atom. The zero-order valence-corrected chi connectivity index (χ0v) is 40.5. The van der Waals surface area contributed by atoms with E-state index in [-0.39, 0.29) is 52.7 Å². The van der Waals surface area contributed by atoms with Gasteiger partial charge in [0.05, 0.1) is 42.2 Å². The van der Waals surface area contributed by atoms with Crippen molar-refractivity contribution in [2.24, 2.45) is 0 Å². The van der Waals surface area contributed by atoms with E-state index >= 15 is 0 Å². The molecule has 8 rings (SSSR count). The number of anilines is 1. The molecule has 3 aromatic carbocycles.